The molecule has 1 rings (SSSR count). The summed E-state index contributed by atoms with van der Waals surface area (Å²) in [6, 6.07) is 0.497. The Morgan fingerprint density at radius 1 is 1.62 bits per heavy atom. The zero-order chi connectivity index (χ0) is 12.0. The summed E-state index contributed by atoms with van der Waals surface area (Å²) in [5.41, 5.74) is 1.10. The van der Waals surface area contributed by atoms with Crippen molar-refractivity contribution in [3.63, 3.8) is 0 Å². The van der Waals surface area contributed by atoms with Gasteiger partial charge in [-0.1, -0.05) is 19.8 Å². The highest BCUT2D eigenvalue weighted by atomic mass is 32.1. The van der Waals surface area contributed by atoms with Crippen LogP contribution in [0.3, 0.4) is 0 Å². The van der Waals surface area contributed by atoms with Crippen LogP contribution in [0.15, 0.2) is 5.38 Å². The van der Waals surface area contributed by atoms with Gasteiger partial charge < -0.3 is 5.32 Å². The highest BCUT2D eigenvalue weighted by molar-refractivity contribution is 7.09. The minimum Gasteiger partial charge on any atom is -0.308 e. The number of rotatable bonds is 6. The summed E-state index contributed by atoms with van der Waals surface area (Å²) < 4.78 is 0. The average molecular weight is 237 g/mol. The number of nitrogens with zero attached hydrogens (tertiary/aromatic N) is 2. The summed E-state index contributed by atoms with van der Waals surface area (Å²) >= 11 is 1.70. The van der Waals surface area contributed by atoms with Crippen LogP contribution in [-0.4, -0.2) is 29.5 Å². The van der Waals surface area contributed by atoms with E-state index in [4.69, 9.17) is 6.42 Å². The molecule has 0 saturated carbocycles. The van der Waals surface area contributed by atoms with Crippen LogP contribution in [0.1, 0.15) is 24.5 Å². The first-order valence-corrected chi connectivity index (χ1v) is 6.28. The fraction of sp³-hybridized carbons (Fsp3) is 0.583. The molecule has 88 valence electrons. The highest BCUT2D eigenvalue weighted by Crippen LogP contribution is 2.11. The monoisotopic (exact) mass is 237 g/mol. The lowest BCUT2D eigenvalue weighted by Crippen LogP contribution is -2.22. The van der Waals surface area contributed by atoms with Gasteiger partial charge in [0.25, 0.3) is 0 Å². The van der Waals surface area contributed by atoms with E-state index in [1.54, 1.807) is 11.3 Å². The van der Waals surface area contributed by atoms with Crippen LogP contribution >= 0.6 is 11.3 Å². The predicted molar refractivity (Wildman–Crippen MR) is 69.3 cm³/mol. The zero-order valence-corrected chi connectivity index (χ0v) is 11.0. The highest BCUT2D eigenvalue weighted by Gasteiger charge is 2.04. The molecule has 0 spiro atoms. The molecule has 16 heavy (non-hydrogen) atoms. The van der Waals surface area contributed by atoms with Gasteiger partial charge in [0, 0.05) is 24.5 Å². The van der Waals surface area contributed by atoms with Gasteiger partial charge in [-0.15, -0.1) is 17.8 Å². The summed E-state index contributed by atoms with van der Waals surface area (Å²) in [6.07, 6.45) is 5.25. The van der Waals surface area contributed by atoms with Crippen molar-refractivity contribution < 1.29 is 0 Å². The smallest absolute Gasteiger partial charge is 0.107 e. The van der Waals surface area contributed by atoms with E-state index >= 15 is 0 Å². The molecule has 0 amide bonds. The third-order valence-corrected chi connectivity index (χ3v) is 2.95. The van der Waals surface area contributed by atoms with Crippen molar-refractivity contribution in [3.05, 3.63) is 16.1 Å². The van der Waals surface area contributed by atoms with E-state index in [-0.39, 0.29) is 0 Å². The van der Waals surface area contributed by atoms with Gasteiger partial charge in [-0.25, -0.2) is 4.98 Å². The molecule has 0 radical (unpaired) electrons. The maximum Gasteiger partial charge on any atom is 0.107 e. The van der Waals surface area contributed by atoms with Gasteiger partial charge in [-0.2, -0.15) is 0 Å². The lowest BCUT2D eigenvalue weighted by atomic mass is 10.4. The van der Waals surface area contributed by atoms with Crippen molar-refractivity contribution >= 4 is 11.3 Å². The van der Waals surface area contributed by atoms with E-state index in [1.165, 1.54) is 0 Å². The molecule has 1 aromatic rings. The normalized spacial score (nSPS) is 11.0. The second-order valence-electron chi connectivity index (χ2n) is 4.14. The number of thiazole rings is 1. The summed E-state index contributed by atoms with van der Waals surface area (Å²) in [7, 11) is 2.01. The van der Waals surface area contributed by atoms with Crippen molar-refractivity contribution in [1.29, 1.82) is 0 Å². The van der Waals surface area contributed by atoms with Crippen molar-refractivity contribution in [1.82, 2.24) is 15.2 Å². The predicted octanol–water partition coefficient (Wildman–Crippen LogP) is 1.71. The fourth-order valence-electron chi connectivity index (χ4n) is 1.28. The first kappa shape index (κ1) is 13.2. The topological polar surface area (TPSA) is 28.2 Å². The van der Waals surface area contributed by atoms with Crippen molar-refractivity contribution in [2.75, 3.05) is 13.6 Å². The first-order chi connectivity index (χ1) is 7.61. The Hall–Kier alpha value is -0.890. The Morgan fingerprint density at radius 2 is 2.38 bits per heavy atom. The second kappa shape index (κ2) is 6.64. The zero-order valence-electron chi connectivity index (χ0n) is 10.2. The van der Waals surface area contributed by atoms with Crippen LogP contribution < -0.4 is 5.32 Å². The van der Waals surface area contributed by atoms with E-state index in [0.717, 1.165) is 23.8 Å². The van der Waals surface area contributed by atoms with Crippen molar-refractivity contribution in [2.45, 2.75) is 33.0 Å². The van der Waals surface area contributed by atoms with Crippen LogP contribution in [0.5, 0.6) is 0 Å². The third kappa shape index (κ3) is 4.75. The van der Waals surface area contributed by atoms with Gasteiger partial charge in [-0.3, -0.25) is 4.90 Å². The van der Waals surface area contributed by atoms with Gasteiger partial charge in [0.05, 0.1) is 12.2 Å². The average Bonchev–Trinajstić information content (AvgIpc) is 2.63. The molecular formula is C12H19N3S. The molecule has 0 aliphatic carbocycles. The molecule has 0 fully saturated rings. The second-order valence-corrected chi connectivity index (χ2v) is 5.09. The number of terminal acetylenes is 1. The summed E-state index contributed by atoms with van der Waals surface area (Å²) in [5.74, 6) is 2.62. The molecule has 0 aromatic carbocycles. The van der Waals surface area contributed by atoms with Crippen LogP contribution in [0.2, 0.25) is 0 Å². The summed E-state index contributed by atoms with van der Waals surface area (Å²) in [6.45, 7) is 6.60. The largest absolute Gasteiger partial charge is 0.308 e. The molecule has 0 saturated heterocycles. The maximum atomic E-state index is 5.25. The van der Waals surface area contributed by atoms with E-state index < -0.39 is 0 Å². The summed E-state index contributed by atoms with van der Waals surface area (Å²) in [5, 5.41) is 6.59. The van der Waals surface area contributed by atoms with Crippen LogP contribution in [0.25, 0.3) is 0 Å². The molecule has 0 atom stereocenters. The van der Waals surface area contributed by atoms with Crippen LogP contribution in [-0.2, 0) is 13.1 Å². The number of nitrogens with one attached hydrogen (secondary N) is 1. The molecule has 0 bridgehead atoms. The molecule has 1 heterocycles. The lowest BCUT2D eigenvalue weighted by molar-refractivity contribution is 0.364. The third-order valence-electron chi connectivity index (χ3n) is 2.05. The van der Waals surface area contributed by atoms with Crippen molar-refractivity contribution in [2.24, 2.45) is 0 Å². The molecule has 0 aliphatic heterocycles. The van der Waals surface area contributed by atoms with Crippen LogP contribution in [0.4, 0.5) is 0 Å². The van der Waals surface area contributed by atoms with Crippen LogP contribution in [0, 0.1) is 12.3 Å². The van der Waals surface area contributed by atoms with Gasteiger partial charge in [-0.05, 0) is 7.05 Å². The van der Waals surface area contributed by atoms with E-state index in [0.29, 0.717) is 12.6 Å². The number of hydrogen-bond acceptors (Lipinski definition) is 4. The fourth-order valence-corrected chi connectivity index (χ4v) is 2.02. The first-order valence-electron chi connectivity index (χ1n) is 5.40. The SMILES string of the molecule is C#CCN(C)Cc1csc(CNC(C)C)n1. The number of aromatic nitrogens is 1. The Kier molecular flexibility index (Phi) is 5.47. The molecular weight excluding hydrogens is 218 g/mol. The van der Waals surface area contributed by atoms with Gasteiger partial charge in [0.15, 0.2) is 0 Å². The lowest BCUT2D eigenvalue weighted by Gasteiger charge is -2.10. The Balaban J connectivity index is 2.42. The van der Waals surface area contributed by atoms with Gasteiger partial charge >= 0.3 is 0 Å². The molecule has 1 N–H and O–H groups in total. The Morgan fingerprint density at radius 3 is 3.00 bits per heavy atom. The van der Waals surface area contributed by atoms with Crippen molar-refractivity contribution in [3.8, 4) is 12.3 Å². The molecule has 0 unspecified atom stereocenters. The molecule has 4 heteroatoms. The standard InChI is InChI=1S/C12H19N3S/c1-5-6-15(4)8-11-9-16-12(14-11)7-13-10(2)3/h1,9-10,13H,6-8H2,2-4H3. The Bertz CT molecular complexity index is 351. The molecule has 1 aromatic heterocycles. The maximum absolute atomic E-state index is 5.25. The van der Waals surface area contributed by atoms with E-state index in [1.807, 2.05) is 7.05 Å². The minimum atomic E-state index is 0.497. The van der Waals surface area contributed by atoms with Gasteiger partial charge in [0.1, 0.15) is 5.01 Å². The van der Waals surface area contributed by atoms with Gasteiger partial charge in [0.2, 0.25) is 0 Å². The quantitative estimate of drug-likeness (QED) is 0.763. The Labute approximate surface area is 102 Å². The molecule has 0 aliphatic rings. The van der Waals surface area contributed by atoms with E-state index in [2.05, 4.69) is 40.3 Å². The summed E-state index contributed by atoms with van der Waals surface area (Å²) in [4.78, 5) is 6.63. The molecule has 3 nitrogen and oxygen atoms in total. The minimum absolute atomic E-state index is 0.497. The number of hydrogen-bond donors (Lipinski definition) is 1. The van der Waals surface area contributed by atoms with E-state index in [9.17, 15) is 0 Å².